The molecule has 0 aromatic heterocycles. The number of ether oxygens (including phenoxy) is 2. The maximum Gasteiger partial charge on any atom is 0.294 e. The third kappa shape index (κ3) is 4.24. The minimum atomic E-state index is -0.363. The number of halogens is 1. The van der Waals surface area contributed by atoms with Crippen molar-refractivity contribution in [2.24, 2.45) is 0 Å². The Morgan fingerprint density at radius 1 is 1.35 bits per heavy atom. The smallest absolute Gasteiger partial charge is 0.294 e. The van der Waals surface area contributed by atoms with E-state index >= 15 is 0 Å². The number of hydrogen-bond acceptors (Lipinski definition) is 5. The number of thioether (sulfide) groups is 1. The highest BCUT2D eigenvalue weighted by molar-refractivity contribution is 8.18. The summed E-state index contributed by atoms with van der Waals surface area (Å²) in [6, 6.07) is 3.05. The summed E-state index contributed by atoms with van der Waals surface area (Å²) in [5.74, 6) is 0.596. The molecule has 0 saturated carbocycles. The Bertz CT molecular complexity index is 762. The minimum absolute atomic E-state index is 0.0101. The van der Waals surface area contributed by atoms with Gasteiger partial charge in [0.25, 0.3) is 11.1 Å². The minimum Gasteiger partial charge on any atom is -0.493 e. The zero-order chi connectivity index (χ0) is 19.4. The zero-order valence-electron chi connectivity index (χ0n) is 15.2. The highest BCUT2D eigenvalue weighted by Gasteiger charge is 2.37. The molecule has 1 heterocycles. The topological polar surface area (TPSA) is 55.8 Å². The number of benzene rings is 1. The van der Waals surface area contributed by atoms with E-state index in [4.69, 9.17) is 21.1 Å². The largest absolute Gasteiger partial charge is 0.493 e. The summed E-state index contributed by atoms with van der Waals surface area (Å²) in [5, 5.41) is 0.0676. The van der Waals surface area contributed by atoms with E-state index in [-0.39, 0.29) is 23.3 Å². The highest BCUT2D eigenvalue weighted by Crippen LogP contribution is 2.39. The molecule has 1 saturated heterocycles. The monoisotopic (exact) mass is 395 g/mol. The molecule has 0 aliphatic carbocycles. The van der Waals surface area contributed by atoms with E-state index in [1.165, 1.54) is 12.0 Å². The van der Waals surface area contributed by atoms with Gasteiger partial charge in [-0.25, -0.2) is 0 Å². The third-order valence-corrected chi connectivity index (χ3v) is 5.18. The van der Waals surface area contributed by atoms with Crippen molar-refractivity contribution in [2.75, 3.05) is 7.11 Å². The molecule has 0 spiro atoms. The fourth-order valence-electron chi connectivity index (χ4n) is 2.31. The lowest BCUT2D eigenvalue weighted by molar-refractivity contribution is -0.123. The van der Waals surface area contributed by atoms with Gasteiger partial charge in [-0.2, -0.15) is 0 Å². The first kappa shape index (κ1) is 20.4. The number of nitrogens with zero attached hydrogens (tertiary/aromatic N) is 1. The lowest BCUT2D eigenvalue weighted by Gasteiger charge is -2.18. The average Bonchev–Trinajstić information content (AvgIpc) is 2.89. The van der Waals surface area contributed by atoms with Gasteiger partial charge in [0.15, 0.2) is 11.5 Å². The van der Waals surface area contributed by atoms with Crippen molar-refractivity contribution in [3.8, 4) is 11.5 Å². The van der Waals surface area contributed by atoms with E-state index in [1.54, 1.807) is 31.2 Å². The second-order valence-electron chi connectivity index (χ2n) is 5.90. The summed E-state index contributed by atoms with van der Waals surface area (Å²) in [5.41, 5.74) is 0.653. The van der Waals surface area contributed by atoms with Gasteiger partial charge >= 0.3 is 0 Å². The quantitative estimate of drug-likeness (QED) is 0.472. The average molecular weight is 396 g/mol. The van der Waals surface area contributed by atoms with Crippen LogP contribution < -0.4 is 9.47 Å². The molecular weight excluding hydrogens is 374 g/mol. The Kier molecular flexibility index (Phi) is 6.78. The van der Waals surface area contributed by atoms with Crippen LogP contribution in [0.25, 0.3) is 6.08 Å². The van der Waals surface area contributed by atoms with Crippen molar-refractivity contribution in [3.63, 3.8) is 0 Å². The van der Waals surface area contributed by atoms with Crippen LogP contribution in [-0.2, 0) is 4.79 Å². The maximum atomic E-state index is 12.5. The molecule has 7 heteroatoms. The first-order chi connectivity index (χ1) is 12.3. The van der Waals surface area contributed by atoms with E-state index in [9.17, 15) is 9.59 Å². The number of methoxy groups -OCH3 is 1. The molecule has 2 rings (SSSR count). The molecule has 140 valence electrons. The number of carbonyl (C=O) groups is 2. The molecule has 1 aromatic rings. The predicted molar refractivity (Wildman–Crippen MR) is 106 cm³/mol. The van der Waals surface area contributed by atoms with Gasteiger partial charge in [-0.15, -0.1) is 6.58 Å². The van der Waals surface area contributed by atoms with Gasteiger partial charge < -0.3 is 9.47 Å². The van der Waals surface area contributed by atoms with Gasteiger partial charge in [-0.05, 0) is 55.8 Å². The standard InChI is InChI=1S/C19H22ClNO4S/c1-6-11(3)21-18(22)16(26-19(21)23)10-13-8-14(20)17(15(9-13)24-5)25-12(4)7-2/h6,8-12H,1,7H2,2-5H3/b16-10-/t11-,12+/m0/s1. The normalized spacial score (nSPS) is 18.2. The number of carbonyl (C=O) groups excluding carboxylic acids is 2. The van der Waals surface area contributed by atoms with Crippen molar-refractivity contribution in [3.05, 3.63) is 40.3 Å². The Balaban J connectivity index is 2.37. The van der Waals surface area contributed by atoms with Gasteiger partial charge in [-0.1, -0.05) is 24.6 Å². The molecule has 5 nitrogen and oxygen atoms in total. The predicted octanol–water partition coefficient (Wildman–Crippen LogP) is 5.14. The van der Waals surface area contributed by atoms with Gasteiger partial charge in [-0.3, -0.25) is 14.5 Å². The number of amides is 2. The molecular formula is C19H22ClNO4S. The SMILES string of the molecule is C=C[C@H](C)N1C(=O)S/C(=C\c2cc(Cl)c(O[C@H](C)CC)c(OC)c2)C1=O. The van der Waals surface area contributed by atoms with Crippen LogP contribution >= 0.6 is 23.4 Å². The molecule has 2 atom stereocenters. The van der Waals surface area contributed by atoms with Crippen LogP contribution in [0.4, 0.5) is 4.79 Å². The molecule has 1 aliphatic heterocycles. The van der Waals surface area contributed by atoms with E-state index in [1.807, 2.05) is 13.8 Å². The molecule has 0 N–H and O–H groups in total. The van der Waals surface area contributed by atoms with Crippen LogP contribution in [0, 0.1) is 0 Å². The van der Waals surface area contributed by atoms with E-state index < -0.39 is 0 Å². The van der Waals surface area contributed by atoms with Crippen LogP contribution in [0.15, 0.2) is 29.7 Å². The number of imide groups is 1. The molecule has 1 aliphatic rings. The lowest BCUT2D eigenvalue weighted by Crippen LogP contribution is -2.35. The van der Waals surface area contributed by atoms with Crippen LogP contribution in [0.1, 0.15) is 32.8 Å². The summed E-state index contributed by atoms with van der Waals surface area (Å²) < 4.78 is 11.2. The fourth-order valence-corrected chi connectivity index (χ4v) is 3.49. The Morgan fingerprint density at radius 3 is 2.62 bits per heavy atom. The first-order valence-corrected chi connectivity index (χ1v) is 9.45. The molecule has 2 amide bonds. The van der Waals surface area contributed by atoms with Gasteiger partial charge in [0.05, 0.1) is 29.2 Å². The molecule has 0 radical (unpaired) electrons. The van der Waals surface area contributed by atoms with Crippen molar-refractivity contribution >= 4 is 40.6 Å². The molecule has 0 bridgehead atoms. The number of rotatable bonds is 7. The lowest BCUT2D eigenvalue weighted by atomic mass is 10.1. The summed E-state index contributed by atoms with van der Waals surface area (Å²) >= 11 is 7.24. The second-order valence-corrected chi connectivity index (χ2v) is 7.30. The van der Waals surface area contributed by atoms with Crippen molar-refractivity contribution in [1.29, 1.82) is 0 Å². The fraction of sp³-hybridized carbons (Fsp3) is 0.368. The Labute approximate surface area is 163 Å². The molecule has 1 aromatic carbocycles. The van der Waals surface area contributed by atoms with Crippen LogP contribution in [0.5, 0.6) is 11.5 Å². The maximum absolute atomic E-state index is 12.5. The van der Waals surface area contributed by atoms with Crippen LogP contribution in [0.3, 0.4) is 0 Å². The van der Waals surface area contributed by atoms with E-state index in [2.05, 4.69) is 6.58 Å². The molecule has 26 heavy (non-hydrogen) atoms. The first-order valence-electron chi connectivity index (χ1n) is 8.26. The summed E-state index contributed by atoms with van der Waals surface area (Å²) in [7, 11) is 1.53. The zero-order valence-corrected chi connectivity index (χ0v) is 16.8. The van der Waals surface area contributed by atoms with Crippen LogP contribution in [-0.4, -0.2) is 35.3 Å². The van der Waals surface area contributed by atoms with Crippen molar-refractivity contribution in [2.45, 2.75) is 39.3 Å². The van der Waals surface area contributed by atoms with E-state index in [0.29, 0.717) is 27.0 Å². The summed E-state index contributed by atoms with van der Waals surface area (Å²) in [6.45, 7) is 9.34. The molecule has 0 unspecified atom stereocenters. The van der Waals surface area contributed by atoms with Crippen LogP contribution in [0.2, 0.25) is 5.02 Å². The van der Waals surface area contributed by atoms with E-state index in [0.717, 1.165) is 18.2 Å². The second kappa shape index (κ2) is 8.64. The Hall–Kier alpha value is -1.92. The van der Waals surface area contributed by atoms with Gasteiger partial charge in [0, 0.05) is 0 Å². The molecule has 1 fully saturated rings. The number of hydrogen-bond donors (Lipinski definition) is 0. The summed E-state index contributed by atoms with van der Waals surface area (Å²) in [4.78, 5) is 26.1. The van der Waals surface area contributed by atoms with Gasteiger partial charge in [0.1, 0.15) is 0 Å². The van der Waals surface area contributed by atoms with Crippen molar-refractivity contribution in [1.82, 2.24) is 4.90 Å². The highest BCUT2D eigenvalue weighted by atomic mass is 35.5. The third-order valence-electron chi connectivity index (χ3n) is 4.02. The van der Waals surface area contributed by atoms with Gasteiger partial charge in [0.2, 0.25) is 0 Å². The van der Waals surface area contributed by atoms with Crippen molar-refractivity contribution < 1.29 is 19.1 Å². The summed E-state index contributed by atoms with van der Waals surface area (Å²) in [6.07, 6.45) is 4.00. The Morgan fingerprint density at radius 2 is 2.04 bits per heavy atom.